The summed E-state index contributed by atoms with van der Waals surface area (Å²) in [5.41, 5.74) is 13.5. The molecule has 0 saturated heterocycles. The quantitative estimate of drug-likeness (QED) is 0.166. The molecule has 0 amide bonds. The summed E-state index contributed by atoms with van der Waals surface area (Å²) in [6, 6.07) is 69.3. The molecule has 258 valence electrons. The average molecular weight is 704 g/mol. The van der Waals surface area contributed by atoms with Crippen molar-refractivity contribution in [2.45, 2.75) is 0 Å². The maximum Gasteiger partial charge on any atom is 0.164 e. The zero-order chi connectivity index (χ0) is 36.6. The first kappa shape index (κ1) is 32.2. The van der Waals surface area contributed by atoms with E-state index in [1.165, 1.54) is 11.1 Å². The second-order valence-corrected chi connectivity index (χ2v) is 13.6. The molecule has 4 nitrogen and oxygen atoms in total. The Bertz CT molecular complexity index is 2870. The minimum Gasteiger partial charge on any atom is -0.455 e. The normalized spacial score (nSPS) is 11.3. The average Bonchev–Trinajstić information content (AvgIpc) is 3.66. The molecule has 0 atom stereocenters. The monoisotopic (exact) mass is 703 g/mol. The van der Waals surface area contributed by atoms with Crippen molar-refractivity contribution in [1.82, 2.24) is 15.0 Å². The van der Waals surface area contributed by atoms with E-state index in [0.29, 0.717) is 17.5 Å². The standard InChI is InChI=1S/C51H33N3O/c1-5-14-34(15-6-1)36-24-26-38(27-25-36)45-32-42(35-16-7-2-8-17-35)33-46-44-23-13-22-43(47(44)55-48(45)46)37-28-30-41(31-29-37)51-53-49(39-18-9-3-10-19-39)52-50(54-51)40-20-11-4-12-21-40/h1-33H. The van der Waals surface area contributed by atoms with Gasteiger partial charge in [0, 0.05) is 38.6 Å². The van der Waals surface area contributed by atoms with Gasteiger partial charge in [0.1, 0.15) is 11.2 Å². The number of benzene rings is 8. The van der Waals surface area contributed by atoms with Crippen LogP contribution in [0.15, 0.2) is 205 Å². The van der Waals surface area contributed by atoms with E-state index < -0.39 is 0 Å². The molecule has 4 heteroatoms. The highest BCUT2D eigenvalue weighted by molar-refractivity contribution is 6.14. The minimum atomic E-state index is 0.623. The van der Waals surface area contributed by atoms with Crippen molar-refractivity contribution in [2.24, 2.45) is 0 Å². The third-order valence-corrected chi connectivity index (χ3v) is 10.2. The fourth-order valence-electron chi connectivity index (χ4n) is 7.35. The van der Waals surface area contributed by atoms with Crippen molar-refractivity contribution in [3.63, 3.8) is 0 Å². The molecule has 0 aliphatic rings. The van der Waals surface area contributed by atoms with Crippen LogP contribution in [0.25, 0.3) is 101 Å². The van der Waals surface area contributed by atoms with Crippen molar-refractivity contribution < 1.29 is 4.42 Å². The Labute approximate surface area is 319 Å². The van der Waals surface area contributed by atoms with Crippen LogP contribution in [-0.4, -0.2) is 15.0 Å². The van der Waals surface area contributed by atoms with Crippen molar-refractivity contribution in [3.8, 4) is 78.7 Å². The maximum absolute atomic E-state index is 6.94. The Morgan fingerprint density at radius 3 is 1.16 bits per heavy atom. The zero-order valence-corrected chi connectivity index (χ0v) is 29.8. The van der Waals surface area contributed by atoms with E-state index in [0.717, 1.165) is 72.0 Å². The van der Waals surface area contributed by atoms with E-state index in [9.17, 15) is 0 Å². The molecule has 2 aromatic heterocycles. The van der Waals surface area contributed by atoms with Crippen LogP contribution in [0.2, 0.25) is 0 Å². The number of nitrogens with zero attached hydrogens (tertiary/aromatic N) is 3. The molecule has 0 spiro atoms. The largest absolute Gasteiger partial charge is 0.455 e. The number of hydrogen-bond acceptors (Lipinski definition) is 4. The van der Waals surface area contributed by atoms with E-state index >= 15 is 0 Å². The number of para-hydroxylation sites is 1. The molecule has 10 aromatic rings. The lowest BCUT2D eigenvalue weighted by molar-refractivity contribution is 0.671. The Morgan fingerprint density at radius 1 is 0.255 bits per heavy atom. The van der Waals surface area contributed by atoms with E-state index in [4.69, 9.17) is 19.4 Å². The summed E-state index contributed by atoms with van der Waals surface area (Å²) in [7, 11) is 0. The smallest absolute Gasteiger partial charge is 0.164 e. The van der Waals surface area contributed by atoms with Crippen LogP contribution >= 0.6 is 0 Å². The molecule has 0 bridgehead atoms. The van der Waals surface area contributed by atoms with Gasteiger partial charge in [-0.1, -0.05) is 188 Å². The molecule has 0 radical (unpaired) electrons. The van der Waals surface area contributed by atoms with E-state index in [1.54, 1.807) is 0 Å². The predicted octanol–water partition coefficient (Wildman–Crippen LogP) is 13.4. The summed E-state index contributed by atoms with van der Waals surface area (Å²) in [6.45, 7) is 0. The molecule has 55 heavy (non-hydrogen) atoms. The van der Waals surface area contributed by atoms with Crippen molar-refractivity contribution in [3.05, 3.63) is 200 Å². The lowest BCUT2D eigenvalue weighted by Gasteiger charge is -2.09. The topological polar surface area (TPSA) is 51.8 Å². The fraction of sp³-hybridized carbons (Fsp3) is 0. The lowest BCUT2D eigenvalue weighted by atomic mass is 9.94. The lowest BCUT2D eigenvalue weighted by Crippen LogP contribution is -2.00. The van der Waals surface area contributed by atoms with Gasteiger partial charge in [0.05, 0.1) is 0 Å². The van der Waals surface area contributed by atoms with Crippen molar-refractivity contribution in [2.75, 3.05) is 0 Å². The zero-order valence-electron chi connectivity index (χ0n) is 29.8. The number of hydrogen-bond donors (Lipinski definition) is 0. The first-order chi connectivity index (χ1) is 27.2. The Balaban J connectivity index is 1.08. The molecule has 0 unspecified atom stereocenters. The van der Waals surface area contributed by atoms with Gasteiger partial charge in [-0.15, -0.1) is 0 Å². The first-order valence-electron chi connectivity index (χ1n) is 18.4. The molecular formula is C51H33N3O. The molecule has 8 aromatic carbocycles. The molecule has 0 saturated carbocycles. The van der Waals surface area contributed by atoms with E-state index in [-0.39, 0.29) is 0 Å². The summed E-state index contributed by atoms with van der Waals surface area (Å²) in [6.07, 6.45) is 0. The summed E-state index contributed by atoms with van der Waals surface area (Å²) < 4.78 is 6.94. The van der Waals surface area contributed by atoms with Crippen LogP contribution in [0.5, 0.6) is 0 Å². The van der Waals surface area contributed by atoms with Crippen LogP contribution < -0.4 is 0 Å². The second-order valence-electron chi connectivity index (χ2n) is 13.6. The van der Waals surface area contributed by atoms with Gasteiger partial charge in [0.2, 0.25) is 0 Å². The van der Waals surface area contributed by atoms with Gasteiger partial charge in [-0.25, -0.2) is 15.0 Å². The number of rotatable bonds is 7. The van der Waals surface area contributed by atoms with Gasteiger partial charge < -0.3 is 4.42 Å². The second kappa shape index (κ2) is 13.8. The predicted molar refractivity (Wildman–Crippen MR) is 225 cm³/mol. The molecule has 0 aliphatic carbocycles. The van der Waals surface area contributed by atoms with Gasteiger partial charge in [0.25, 0.3) is 0 Å². The molecule has 10 rings (SSSR count). The SMILES string of the molecule is c1ccc(-c2ccc(-c3cc(-c4ccccc4)cc4c3oc3c(-c5ccc(-c6nc(-c7ccccc7)nc(-c7ccccc7)n6)cc5)cccc34)cc2)cc1. The van der Waals surface area contributed by atoms with E-state index in [2.05, 4.69) is 133 Å². The van der Waals surface area contributed by atoms with E-state index in [1.807, 2.05) is 66.7 Å². The van der Waals surface area contributed by atoms with Gasteiger partial charge >= 0.3 is 0 Å². The molecule has 0 N–H and O–H groups in total. The summed E-state index contributed by atoms with van der Waals surface area (Å²) in [5.74, 6) is 1.90. The highest BCUT2D eigenvalue weighted by Crippen LogP contribution is 2.43. The highest BCUT2D eigenvalue weighted by atomic mass is 16.3. The Hall–Kier alpha value is -7.43. The molecule has 2 heterocycles. The van der Waals surface area contributed by atoms with Crippen molar-refractivity contribution >= 4 is 21.9 Å². The molecule has 0 aliphatic heterocycles. The van der Waals surface area contributed by atoms with Gasteiger partial charge in [-0.05, 0) is 45.5 Å². The fourth-order valence-corrected chi connectivity index (χ4v) is 7.35. The van der Waals surface area contributed by atoms with Gasteiger partial charge in [-0.3, -0.25) is 0 Å². The minimum absolute atomic E-state index is 0.623. The summed E-state index contributed by atoms with van der Waals surface area (Å²) >= 11 is 0. The number of aromatic nitrogens is 3. The van der Waals surface area contributed by atoms with Crippen LogP contribution in [0.4, 0.5) is 0 Å². The number of furan rings is 1. The van der Waals surface area contributed by atoms with Crippen molar-refractivity contribution in [1.29, 1.82) is 0 Å². The molecular weight excluding hydrogens is 671 g/mol. The third-order valence-electron chi connectivity index (χ3n) is 10.2. The Kier molecular flexibility index (Phi) is 8.12. The first-order valence-corrected chi connectivity index (χ1v) is 18.4. The van der Waals surface area contributed by atoms with Crippen LogP contribution in [0.3, 0.4) is 0 Å². The van der Waals surface area contributed by atoms with Crippen LogP contribution in [-0.2, 0) is 0 Å². The van der Waals surface area contributed by atoms with Gasteiger partial charge in [0.15, 0.2) is 17.5 Å². The van der Waals surface area contributed by atoms with Crippen LogP contribution in [0.1, 0.15) is 0 Å². The molecule has 0 fully saturated rings. The maximum atomic E-state index is 6.94. The number of fused-ring (bicyclic) bond motifs is 3. The van der Waals surface area contributed by atoms with Gasteiger partial charge in [-0.2, -0.15) is 0 Å². The summed E-state index contributed by atoms with van der Waals surface area (Å²) in [4.78, 5) is 14.7. The highest BCUT2D eigenvalue weighted by Gasteiger charge is 2.19. The Morgan fingerprint density at radius 2 is 0.636 bits per heavy atom. The third kappa shape index (κ3) is 6.16. The van der Waals surface area contributed by atoms with Crippen LogP contribution in [0, 0.1) is 0 Å². The summed E-state index contributed by atoms with van der Waals surface area (Å²) in [5, 5.41) is 2.16.